The molecule has 0 radical (unpaired) electrons. The van der Waals surface area contributed by atoms with E-state index in [1.54, 1.807) is 6.21 Å². The highest BCUT2D eigenvalue weighted by atomic mass is 16.1. The summed E-state index contributed by atoms with van der Waals surface area (Å²) in [5, 5.41) is 7.46. The largest absolute Gasteiger partial charge is 0.383 e. The summed E-state index contributed by atoms with van der Waals surface area (Å²) in [5.41, 5.74) is 9.87. The molecule has 1 amide bonds. The number of nitrogens with two attached hydrogens (primary N) is 1. The zero-order chi connectivity index (χ0) is 20.4. The van der Waals surface area contributed by atoms with Crippen LogP contribution in [-0.2, 0) is 0 Å². The summed E-state index contributed by atoms with van der Waals surface area (Å²) in [5.74, 6) is -0.0663. The second kappa shape index (κ2) is 7.71. The maximum absolute atomic E-state index is 12.9. The van der Waals surface area contributed by atoms with Crippen LogP contribution in [0.25, 0.3) is 22.2 Å². The van der Waals surface area contributed by atoms with Gasteiger partial charge in [0.1, 0.15) is 16.9 Å². The lowest BCUT2D eigenvalue weighted by Crippen LogP contribution is -2.32. The fraction of sp³-hybridized carbons (Fsp3) is 0.182. The zero-order valence-corrected chi connectivity index (χ0v) is 16.3. The fourth-order valence-electron chi connectivity index (χ4n) is 3.05. The normalized spacial score (nSPS) is 12.6. The second-order valence-electron chi connectivity index (χ2n) is 6.89. The van der Waals surface area contributed by atoms with Gasteiger partial charge in [-0.1, -0.05) is 49.4 Å². The first-order valence-electron chi connectivity index (χ1n) is 9.55. The van der Waals surface area contributed by atoms with Crippen molar-refractivity contribution >= 4 is 40.1 Å². The van der Waals surface area contributed by atoms with Crippen LogP contribution in [0.2, 0.25) is 0 Å². The monoisotopic (exact) mass is 386 g/mol. The molecule has 0 bridgehead atoms. The highest BCUT2D eigenvalue weighted by molar-refractivity contribution is 6.10. The number of para-hydroxylation sites is 2. The van der Waals surface area contributed by atoms with Crippen LogP contribution < -0.4 is 11.1 Å². The predicted octanol–water partition coefficient (Wildman–Crippen LogP) is 3.58. The summed E-state index contributed by atoms with van der Waals surface area (Å²) in [4.78, 5) is 22.3. The number of nitrogens with zero attached hydrogens (tertiary/aromatic N) is 4. The zero-order valence-electron chi connectivity index (χ0n) is 16.3. The molecule has 4 rings (SSSR count). The third kappa shape index (κ3) is 3.54. The molecule has 0 saturated carbocycles. The Balaban J connectivity index is 1.92. The number of amides is 1. The molecule has 0 aliphatic carbocycles. The van der Waals surface area contributed by atoms with E-state index in [4.69, 9.17) is 5.73 Å². The number of benzene rings is 2. The summed E-state index contributed by atoms with van der Waals surface area (Å²) in [6, 6.07) is 17.2. The maximum atomic E-state index is 12.9. The van der Waals surface area contributed by atoms with E-state index in [-0.39, 0.29) is 17.8 Å². The van der Waals surface area contributed by atoms with Gasteiger partial charge in [-0.3, -0.25) is 4.79 Å². The van der Waals surface area contributed by atoms with Gasteiger partial charge in [-0.2, -0.15) is 9.78 Å². The van der Waals surface area contributed by atoms with E-state index in [9.17, 15) is 4.79 Å². The Labute approximate surface area is 168 Å². The van der Waals surface area contributed by atoms with Gasteiger partial charge in [-0.25, -0.2) is 9.97 Å². The maximum Gasteiger partial charge on any atom is 0.257 e. The number of hydrogen-bond donors (Lipinski definition) is 2. The van der Waals surface area contributed by atoms with Crippen LogP contribution in [0.15, 0.2) is 59.7 Å². The molecular formula is C22H22N6O. The van der Waals surface area contributed by atoms with Gasteiger partial charge in [0.05, 0.1) is 17.2 Å². The first-order chi connectivity index (χ1) is 14.1. The van der Waals surface area contributed by atoms with Gasteiger partial charge < -0.3 is 11.1 Å². The lowest BCUT2D eigenvalue weighted by Gasteiger charge is -2.11. The summed E-state index contributed by atoms with van der Waals surface area (Å²) in [6.07, 6.45) is 2.49. The van der Waals surface area contributed by atoms with E-state index in [1.807, 2.05) is 68.4 Å². The van der Waals surface area contributed by atoms with Crippen LogP contribution in [0.1, 0.15) is 36.2 Å². The highest BCUT2D eigenvalue weighted by Crippen LogP contribution is 2.28. The number of fused-ring (bicyclic) bond motifs is 2. The Morgan fingerprint density at radius 3 is 2.48 bits per heavy atom. The van der Waals surface area contributed by atoms with Crippen molar-refractivity contribution < 1.29 is 4.79 Å². The van der Waals surface area contributed by atoms with Gasteiger partial charge in [-0.15, -0.1) is 0 Å². The molecule has 29 heavy (non-hydrogen) atoms. The first-order valence-corrected chi connectivity index (χ1v) is 9.55. The molecule has 0 aliphatic rings. The van der Waals surface area contributed by atoms with Gasteiger partial charge in [0.15, 0.2) is 5.65 Å². The van der Waals surface area contributed by atoms with Crippen LogP contribution in [0.3, 0.4) is 0 Å². The Hall–Kier alpha value is -3.74. The molecule has 7 heteroatoms. The number of rotatable bonds is 5. The number of anilines is 1. The summed E-state index contributed by atoms with van der Waals surface area (Å²) in [7, 11) is 0. The minimum Gasteiger partial charge on any atom is -0.383 e. The smallest absolute Gasteiger partial charge is 0.257 e. The molecular weight excluding hydrogens is 364 g/mol. The molecule has 0 spiro atoms. The molecule has 2 heterocycles. The van der Waals surface area contributed by atoms with Crippen LogP contribution in [-0.4, -0.2) is 32.8 Å². The number of nitrogen functional groups attached to an aromatic ring is 1. The van der Waals surface area contributed by atoms with E-state index in [1.165, 1.54) is 4.68 Å². The number of carbonyl (C=O) groups excluding carboxylic acids is 1. The molecule has 1 atom stereocenters. The van der Waals surface area contributed by atoms with Crippen LogP contribution >= 0.6 is 0 Å². The van der Waals surface area contributed by atoms with Gasteiger partial charge in [0, 0.05) is 6.04 Å². The molecule has 4 aromatic rings. The minimum atomic E-state index is -0.278. The lowest BCUT2D eigenvalue weighted by molar-refractivity contribution is 0.0941. The van der Waals surface area contributed by atoms with E-state index >= 15 is 0 Å². The summed E-state index contributed by atoms with van der Waals surface area (Å²) in [6.45, 7) is 3.96. The second-order valence-corrected chi connectivity index (χ2v) is 6.89. The van der Waals surface area contributed by atoms with Crippen molar-refractivity contribution in [2.45, 2.75) is 26.3 Å². The van der Waals surface area contributed by atoms with Crippen molar-refractivity contribution in [1.29, 1.82) is 0 Å². The molecule has 146 valence electrons. The summed E-state index contributed by atoms with van der Waals surface area (Å²) < 4.78 is 1.48. The highest BCUT2D eigenvalue weighted by Gasteiger charge is 2.24. The lowest BCUT2D eigenvalue weighted by atomic mass is 10.2. The fourth-order valence-corrected chi connectivity index (χ4v) is 3.05. The molecule has 3 N–H and O–H groups in total. The number of carbonyl (C=O) groups is 1. The quantitative estimate of drug-likeness (QED) is 0.512. The van der Waals surface area contributed by atoms with Crippen molar-refractivity contribution in [2.24, 2.45) is 5.10 Å². The van der Waals surface area contributed by atoms with E-state index in [0.717, 1.165) is 12.0 Å². The van der Waals surface area contributed by atoms with Gasteiger partial charge >= 0.3 is 0 Å². The van der Waals surface area contributed by atoms with E-state index in [0.29, 0.717) is 27.8 Å². The van der Waals surface area contributed by atoms with Crippen LogP contribution in [0.5, 0.6) is 0 Å². The number of nitrogens with one attached hydrogen (secondary N) is 1. The molecule has 2 aromatic carbocycles. The van der Waals surface area contributed by atoms with Crippen molar-refractivity contribution in [1.82, 2.24) is 20.0 Å². The summed E-state index contributed by atoms with van der Waals surface area (Å²) >= 11 is 0. The van der Waals surface area contributed by atoms with Gasteiger partial charge in [0.2, 0.25) is 0 Å². The molecule has 0 unspecified atom stereocenters. The third-order valence-corrected chi connectivity index (χ3v) is 4.81. The van der Waals surface area contributed by atoms with E-state index < -0.39 is 0 Å². The average molecular weight is 386 g/mol. The third-order valence-electron chi connectivity index (χ3n) is 4.81. The topological polar surface area (TPSA) is 98.2 Å². The Morgan fingerprint density at radius 1 is 1.14 bits per heavy atom. The molecule has 0 fully saturated rings. The van der Waals surface area contributed by atoms with Gasteiger partial charge in [0.25, 0.3) is 5.91 Å². The molecule has 2 aromatic heterocycles. The average Bonchev–Trinajstić information content (AvgIpc) is 3.01. The minimum absolute atomic E-state index is 0.0153. The van der Waals surface area contributed by atoms with Crippen LogP contribution in [0.4, 0.5) is 5.82 Å². The van der Waals surface area contributed by atoms with Crippen molar-refractivity contribution in [2.75, 3.05) is 5.73 Å². The van der Waals surface area contributed by atoms with Crippen molar-refractivity contribution in [3.8, 4) is 0 Å². The van der Waals surface area contributed by atoms with Crippen LogP contribution in [0, 0.1) is 0 Å². The number of aromatic nitrogens is 3. The Bertz CT molecular complexity index is 1210. The Kier molecular flexibility index (Phi) is 4.95. The predicted molar refractivity (Wildman–Crippen MR) is 116 cm³/mol. The van der Waals surface area contributed by atoms with E-state index in [2.05, 4.69) is 20.4 Å². The SMILES string of the molecule is CC[C@@H](C)NC(=O)c1c(N)n(/N=C\c2ccccc2)c2nc3ccccc3nc12. The van der Waals surface area contributed by atoms with Crippen molar-refractivity contribution in [3.63, 3.8) is 0 Å². The number of hydrogen-bond acceptors (Lipinski definition) is 5. The Morgan fingerprint density at radius 2 is 1.79 bits per heavy atom. The first kappa shape index (κ1) is 18.6. The molecule has 0 aliphatic heterocycles. The standard InChI is InChI=1S/C22H22N6O/c1-3-14(2)25-22(29)18-19-21(27-17-12-8-7-11-16(17)26-19)28(20(18)23)24-13-15-9-5-4-6-10-15/h4-14H,3,23H2,1-2H3,(H,25,29)/b24-13-/t14-/m1/s1. The van der Waals surface area contributed by atoms with Crippen molar-refractivity contribution in [3.05, 3.63) is 65.7 Å². The molecule has 0 saturated heterocycles. The van der Waals surface area contributed by atoms with Gasteiger partial charge in [-0.05, 0) is 31.0 Å². The molecule has 7 nitrogen and oxygen atoms in total.